The molecule has 1 aliphatic rings. The number of halogens is 2. The molecule has 0 fully saturated rings. The van der Waals surface area contributed by atoms with Gasteiger partial charge in [-0.3, -0.25) is 0 Å². The number of hydrogen-bond donors (Lipinski definition) is 0. The molecule has 2 nitrogen and oxygen atoms in total. The minimum Gasteiger partial charge on any atom is -0.372 e. The van der Waals surface area contributed by atoms with E-state index in [-0.39, 0.29) is 5.82 Å². The van der Waals surface area contributed by atoms with Crippen molar-refractivity contribution in [1.29, 1.82) is 5.26 Å². The van der Waals surface area contributed by atoms with Crippen molar-refractivity contribution in [3.05, 3.63) is 58.4 Å². The lowest BCUT2D eigenvalue weighted by Crippen LogP contribution is -2.00. The van der Waals surface area contributed by atoms with E-state index < -0.39 is 0 Å². The molecular formula is C17H13FINO. The van der Waals surface area contributed by atoms with E-state index in [9.17, 15) is 9.65 Å². The smallest absolute Gasteiger partial charge is 0.123 e. The summed E-state index contributed by atoms with van der Waals surface area (Å²) in [6.45, 7) is 1.10. The van der Waals surface area contributed by atoms with Gasteiger partial charge in [-0.1, -0.05) is 40.8 Å². The molecular weight excluding hydrogens is 380 g/mol. The fourth-order valence-electron chi connectivity index (χ4n) is 2.76. The third-order valence-electron chi connectivity index (χ3n) is 3.72. The Kier molecular flexibility index (Phi) is 4.22. The second-order valence-corrected chi connectivity index (χ2v) is 6.05. The second-order valence-electron chi connectivity index (χ2n) is 4.97. The number of nitriles is 1. The molecule has 2 aromatic rings. The van der Waals surface area contributed by atoms with Crippen molar-refractivity contribution < 1.29 is 9.13 Å². The first-order valence-electron chi connectivity index (χ1n) is 6.72. The first-order chi connectivity index (χ1) is 10.2. The van der Waals surface area contributed by atoms with Gasteiger partial charge in [-0.25, -0.2) is 4.39 Å². The maximum Gasteiger partial charge on any atom is 0.123 e. The summed E-state index contributed by atoms with van der Waals surface area (Å²) in [7, 11) is 0. The average Bonchev–Trinajstić information content (AvgIpc) is 2.95. The zero-order chi connectivity index (χ0) is 14.8. The Morgan fingerprint density at radius 1 is 1.24 bits per heavy atom. The number of hydrogen-bond acceptors (Lipinski definition) is 2. The Labute approximate surface area is 136 Å². The summed E-state index contributed by atoms with van der Waals surface area (Å²) in [6.07, 6.45) is 0.852. The lowest BCUT2D eigenvalue weighted by atomic mass is 9.88. The van der Waals surface area contributed by atoms with Crippen molar-refractivity contribution in [3.8, 4) is 17.2 Å². The second kappa shape index (κ2) is 6.12. The van der Waals surface area contributed by atoms with Gasteiger partial charge in [0.2, 0.25) is 0 Å². The maximum atomic E-state index is 13.2. The van der Waals surface area contributed by atoms with Gasteiger partial charge in [0.25, 0.3) is 0 Å². The van der Waals surface area contributed by atoms with Crippen molar-refractivity contribution in [2.45, 2.75) is 19.6 Å². The number of alkyl halides is 1. The van der Waals surface area contributed by atoms with Crippen LogP contribution in [0, 0.1) is 17.1 Å². The lowest BCUT2D eigenvalue weighted by Gasteiger charge is -2.14. The molecule has 4 heteroatoms. The van der Waals surface area contributed by atoms with Gasteiger partial charge in [-0.15, -0.1) is 0 Å². The molecule has 0 saturated heterocycles. The summed E-state index contributed by atoms with van der Waals surface area (Å²) in [5.74, 6) is -0.270. The Hall–Kier alpha value is -1.45. The van der Waals surface area contributed by atoms with Crippen molar-refractivity contribution in [2.24, 2.45) is 0 Å². The minimum absolute atomic E-state index is 0.270. The third kappa shape index (κ3) is 2.68. The van der Waals surface area contributed by atoms with E-state index in [0.29, 0.717) is 18.8 Å². The van der Waals surface area contributed by atoms with E-state index in [2.05, 4.69) is 34.7 Å². The van der Waals surface area contributed by atoms with Crippen molar-refractivity contribution in [1.82, 2.24) is 0 Å². The highest BCUT2D eigenvalue weighted by atomic mass is 127. The summed E-state index contributed by atoms with van der Waals surface area (Å²) < 4.78 is 19.7. The van der Waals surface area contributed by atoms with Gasteiger partial charge < -0.3 is 4.74 Å². The van der Waals surface area contributed by atoms with E-state index >= 15 is 0 Å². The summed E-state index contributed by atoms with van der Waals surface area (Å²) in [5, 5.41) is 9.61. The van der Waals surface area contributed by atoms with Gasteiger partial charge in [0.05, 0.1) is 18.8 Å². The van der Waals surface area contributed by atoms with Gasteiger partial charge in [-0.05, 0) is 40.8 Å². The zero-order valence-corrected chi connectivity index (χ0v) is 13.5. The fourth-order valence-corrected chi connectivity index (χ4v) is 3.34. The molecule has 1 aliphatic heterocycles. The highest BCUT2D eigenvalue weighted by Crippen LogP contribution is 2.36. The Bertz CT molecular complexity index is 719. The van der Waals surface area contributed by atoms with Crippen LogP contribution in [-0.2, 0) is 24.4 Å². The molecule has 0 aromatic heterocycles. The predicted octanol–water partition coefficient (Wildman–Crippen LogP) is 4.37. The summed E-state index contributed by atoms with van der Waals surface area (Å²) in [5.41, 5.74) is 5.75. The minimum atomic E-state index is -0.270. The number of aryl methyl sites for hydroxylation is 1. The van der Waals surface area contributed by atoms with Gasteiger partial charge in [-0.2, -0.15) is 5.26 Å². The molecule has 1 heterocycles. The standard InChI is InChI=1S/C17H13FINO/c18-14-3-1-11(2-4-14)17-15(8-20)12(5-6-19)7-13-9-21-10-16(13)17/h1-4,7H,5-6,9-10H2. The molecule has 21 heavy (non-hydrogen) atoms. The van der Waals surface area contributed by atoms with Crippen LogP contribution in [0.5, 0.6) is 0 Å². The zero-order valence-electron chi connectivity index (χ0n) is 11.3. The first-order valence-corrected chi connectivity index (χ1v) is 8.24. The quantitative estimate of drug-likeness (QED) is 0.573. The number of nitrogens with zero attached hydrogens (tertiary/aromatic N) is 1. The third-order valence-corrected chi connectivity index (χ3v) is 4.26. The normalized spacial score (nSPS) is 13.0. The van der Waals surface area contributed by atoms with Crippen LogP contribution in [-0.4, -0.2) is 4.43 Å². The molecule has 106 valence electrons. The number of rotatable bonds is 3. The molecule has 0 amide bonds. The van der Waals surface area contributed by atoms with Crippen molar-refractivity contribution in [3.63, 3.8) is 0 Å². The molecule has 0 bridgehead atoms. The lowest BCUT2D eigenvalue weighted by molar-refractivity contribution is 0.134. The van der Waals surface area contributed by atoms with Crippen molar-refractivity contribution >= 4 is 22.6 Å². The highest BCUT2D eigenvalue weighted by Gasteiger charge is 2.22. The summed E-state index contributed by atoms with van der Waals surface area (Å²) >= 11 is 2.31. The van der Waals surface area contributed by atoms with Crippen LogP contribution in [0.3, 0.4) is 0 Å². The molecule has 3 rings (SSSR count). The maximum absolute atomic E-state index is 13.2. The topological polar surface area (TPSA) is 33.0 Å². The van der Waals surface area contributed by atoms with Crippen LogP contribution in [0.4, 0.5) is 4.39 Å². The Morgan fingerprint density at radius 3 is 2.67 bits per heavy atom. The Balaban J connectivity index is 2.26. The first kappa shape index (κ1) is 14.5. The van der Waals surface area contributed by atoms with Crippen LogP contribution in [0.25, 0.3) is 11.1 Å². The van der Waals surface area contributed by atoms with E-state index in [1.165, 1.54) is 12.1 Å². The van der Waals surface area contributed by atoms with Gasteiger partial charge in [0.1, 0.15) is 11.9 Å². The highest BCUT2D eigenvalue weighted by molar-refractivity contribution is 14.1. The molecule has 0 atom stereocenters. The van der Waals surface area contributed by atoms with Gasteiger partial charge >= 0.3 is 0 Å². The van der Waals surface area contributed by atoms with E-state index in [1.54, 1.807) is 12.1 Å². The molecule has 0 spiro atoms. The fraction of sp³-hybridized carbons (Fsp3) is 0.235. The number of fused-ring (bicyclic) bond motifs is 1. The van der Waals surface area contributed by atoms with Crippen LogP contribution >= 0.6 is 22.6 Å². The summed E-state index contributed by atoms with van der Waals surface area (Å²) in [6, 6.07) is 10.8. The molecule has 0 radical (unpaired) electrons. The largest absolute Gasteiger partial charge is 0.372 e. The van der Waals surface area contributed by atoms with E-state index in [4.69, 9.17) is 4.74 Å². The van der Waals surface area contributed by atoms with E-state index in [0.717, 1.165) is 38.7 Å². The average molecular weight is 393 g/mol. The molecule has 2 aromatic carbocycles. The molecule has 0 aliphatic carbocycles. The van der Waals surface area contributed by atoms with E-state index in [1.807, 2.05) is 0 Å². The monoisotopic (exact) mass is 393 g/mol. The predicted molar refractivity (Wildman–Crippen MR) is 87.6 cm³/mol. The number of ether oxygens (including phenoxy) is 1. The van der Waals surface area contributed by atoms with Crippen LogP contribution < -0.4 is 0 Å². The Morgan fingerprint density at radius 2 is 2.00 bits per heavy atom. The molecule has 0 N–H and O–H groups in total. The van der Waals surface area contributed by atoms with Gasteiger partial charge in [0, 0.05) is 9.99 Å². The van der Waals surface area contributed by atoms with Crippen LogP contribution in [0.2, 0.25) is 0 Å². The SMILES string of the molecule is N#Cc1c(CCI)cc2c(c1-c1ccc(F)cc1)COC2. The van der Waals surface area contributed by atoms with Crippen molar-refractivity contribution in [2.75, 3.05) is 4.43 Å². The van der Waals surface area contributed by atoms with Gasteiger partial charge in [0.15, 0.2) is 0 Å². The van der Waals surface area contributed by atoms with Crippen LogP contribution in [0.15, 0.2) is 30.3 Å². The van der Waals surface area contributed by atoms with Crippen LogP contribution in [0.1, 0.15) is 22.3 Å². The summed E-state index contributed by atoms with van der Waals surface area (Å²) in [4.78, 5) is 0. The number of benzene rings is 2. The molecule has 0 unspecified atom stereocenters. The molecule has 0 saturated carbocycles.